The Hall–Kier alpha value is -7.36. The van der Waals surface area contributed by atoms with Gasteiger partial charge in [0, 0.05) is 0 Å². The Bertz CT molecular complexity index is 4930. The van der Waals surface area contributed by atoms with Crippen LogP contribution < -0.4 is 0 Å². The molecule has 4 aliphatic carbocycles. The van der Waals surface area contributed by atoms with Crippen molar-refractivity contribution in [3.8, 4) is 66.8 Å². The third kappa shape index (κ3) is 14.3. The average molecular weight is 1730 g/mol. The zero-order valence-corrected chi connectivity index (χ0v) is 75.0. The standard InChI is InChI=1S/2C21H15.2C20H21.2C9H18.4CH3.2Hf/c2*1-2-8-16(9-3-1)18-12-4-5-13-20(18)21-15-7-11-17-10-6-14-19(17)21;2*1-14-13-16(20(2,3)4)11-12-17(14)19-10-6-8-15-7-5-9-18(15)19;2*1-8(2)6-5-7-9(3)4;;;;;;/h2*1-15H;2*5-13H,1-4H3;2*8-9H,6-7H2,1-4H3;4*1H3;;. The van der Waals surface area contributed by atoms with Crippen molar-refractivity contribution in [1.29, 1.82) is 0 Å². The summed E-state index contributed by atoms with van der Waals surface area (Å²) in [6, 6.07) is 82.9. The van der Waals surface area contributed by atoms with Crippen LogP contribution in [0.2, 0.25) is 18.7 Å². The Balaban J connectivity index is 0.000000188. The van der Waals surface area contributed by atoms with Gasteiger partial charge in [-0.25, -0.2) is 0 Å². The first-order valence-corrected chi connectivity index (χ1v) is 66.5. The van der Waals surface area contributed by atoms with Crippen LogP contribution in [-0.2, 0) is 46.9 Å². The quantitative estimate of drug-likeness (QED) is 0.0751. The monoisotopic (exact) mass is 1730 g/mol. The van der Waals surface area contributed by atoms with Crippen LogP contribution in [0.15, 0.2) is 243 Å². The number of benzene rings is 10. The van der Waals surface area contributed by atoms with Crippen molar-refractivity contribution in [2.45, 2.75) is 181 Å². The summed E-state index contributed by atoms with van der Waals surface area (Å²) in [5.74, 6) is 2.48. The van der Waals surface area contributed by atoms with Gasteiger partial charge in [0.1, 0.15) is 0 Å². The number of allylic oxidation sites excluding steroid dienone is 4. The zero-order valence-electron chi connectivity index (χ0n) is 67.9. The van der Waals surface area contributed by atoms with Crippen LogP contribution in [0, 0.1) is 37.5 Å². The fraction of sp³-hybridized carbons (Fsp3) is 0.327. The summed E-state index contributed by atoms with van der Waals surface area (Å²) < 4.78 is 16.9. The molecule has 544 valence electrons. The molecule has 0 aliphatic heterocycles. The summed E-state index contributed by atoms with van der Waals surface area (Å²) in [4.78, 5) is 0. The van der Waals surface area contributed by atoms with E-state index in [1.807, 2.05) is 6.51 Å². The molecule has 10 aromatic carbocycles. The molecule has 0 heterocycles. The van der Waals surface area contributed by atoms with Crippen molar-refractivity contribution in [2.75, 3.05) is 0 Å². The summed E-state index contributed by atoms with van der Waals surface area (Å²) in [6.07, 6.45) is 25.6. The zero-order chi connectivity index (χ0) is 75.5. The van der Waals surface area contributed by atoms with Crippen LogP contribution in [0.3, 0.4) is 0 Å². The minimum absolute atomic E-state index is 0.136. The molecule has 0 amide bonds. The minimum atomic E-state index is -4.31. The van der Waals surface area contributed by atoms with Crippen LogP contribution in [0.4, 0.5) is 0 Å². The third-order valence-electron chi connectivity index (χ3n) is 25.8. The molecular formula is C104H120Hf2. The van der Waals surface area contributed by atoms with E-state index in [1.54, 1.807) is 11.1 Å². The predicted octanol–water partition coefficient (Wildman–Crippen LogP) is 30.4. The molecule has 10 aromatic rings. The molecule has 2 heteroatoms. The van der Waals surface area contributed by atoms with Gasteiger partial charge in [-0.2, -0.15) is 0 Å². The molecule has 0 spiro atoms. The summed E-state index contributed by atoms with van der Waals surface area (Å²) in [5.41, 5.74) is 33.7. The first-order valence-electron chi connectivity index (χ1n) is 40.2. The van der Waals surface area contributed by atoms with Gasteiger partial charge in [-0.3, -0.25) is 0 Å². The van der Waals surface area contributed by atoms with E-state index in [1.165, 1.54) is 148 Å². The van der Waals surface area contributed by atoms with E-state index in [4.69, 9.17) is 0 Å². The van der Waals surface area contributed by atoms with Gasteiger partial charge in [-0.1, -0.05) is 0 Å². The van der Waals surface area contributed by atoms with E-state index in [0.29, 0.717) is 38.4 Å². The molecular weight excluding hydrogens is 1610 g/mol. The summed E-state index contributed by atoms with van der Waals surface area (Å²) >= 11 is -8.55. The summed E-state index contributed by atoms with van der Waals surface area (Å²) in [7, 11) is 0. The van der Waals surface area contributed by atoms with E-state index in [2.05, 4.69) is 396 Å². The Labute approximate surface area is 641 Å². The fourth-order valence-electron chi connectivity index (χ4n) is 20.1. The molecule has 4 aliphatic rings. The Kier molecular flexibility index (Phi) is 21.7. The maximum atomic E-state index is 2.86. The Morgan fingerprint density at radius 3 is 0.783 bits per heavy atom. The van der Waals surface area contributed by atoms with Crippen LogP contribution in [0.1, 0.15) is 204 Å². The van der Waals surface area contributed by atoms with Gasteiger partial charge in [0.2, 0.25) is 0 Å². The second-order valence-electron chi connectivity index (χ2n) is 37.8. The van der Waals surface area contributed by atoms with Crippen LogP contribution >= 0.6 is 0 Å². The molecule has 0 saturated carbocycles. The van der Waals surface area contributed by atoms with Crippen molar-refractivity contribution in [2.24, 2.45) is 23.7 Å². The Morgan fingerprint density at radius 2 is 0.528 bits per heavy atom. The average Bonchev–Trinajstić information content (AvgIpc) is 1.46. The molecule has 4 atom stereocenters. The SMILES string of the molecule is CC(C)C[C](CC(C)C)=[Hf]([CH3])([CH3])([CH]1C=Cc2c(-c3ccccc3-c3ccccc3)cccc21)[CH]1C=Cc2c(-c3ccccc3-c3ccccc3)cccc21.Cc1cc(C(C)(C)C)ccc1-c1cccc2c1C=C[CH]2[Hf]([CH3])([CH3])(=[C](CC(C)C)CC(C)C)[CH]1C=Cc2c(-c3ccc(C(C)(C)C)cc3C)cccc21. The molecule has 106 heavy (non-hydrogen) atoms. The first kappa shape index (κ1) is 76.8. The van der Waals surface area contributed by atoms with Crippen LogP contribution in [0.5, 0.6) is 0 Å². The van der Waals surface area contributed by atoms with Gasteiger partial charge < -0.3 is 0 Å². The molecule has 0 fully saturated rings. The van der Waals surface area contributed by atoms with Crippen molar-refractivity contribution in [3.63, 3.8) is 0 Å². The van der Waals surface area contributed by atoms with E-state index in [0.717, 1.165) is 0 Å². The number of hydrogen-bond donors (Lipinski definition) is 0. The second-order valence-corrected chi connectivity index (χ2v) is 89.3. The fourth-order valence-corrected chi connectivity index (χ4v) is 71.6. The topological polar surface area (TPSA) is 0 Å². The van der Waals surface area contributed by atoms with E-state index < -0.39 is 36.0 Å². The number of aryl methyl sites for hydroxylation is 2. The number of rotatable bonds is 18. The molecule has 0 N–H and O–H groups in total. The van der Waals surface area contributed by atoms with Crippen LogP contribution in [0.25, 0.3) is 91.1 Å². The molecule has 4 unspecified atom stereocenters. The van der Waals surface area contributed by atoms with Crippen molar-refractivity contribution >= 4 is 30.8 Å². The van der Waals surface area contributed by atoms with Gasteiger partial charge in [-0.15, -0.1) is 0 Å². The molecule has 14 rings (SSSR count). The molecule has 0 nitrogen and oxygen atoms in total. The van der Waals surface area contributed by atoms with Gasteiger partial charge >= 0.3 is 647 Å². The summed E-state index contributed by atoms with van der Waals surface area (Å²) in [6.45, 7) is 38.0. The van der Waals surface area contributed by atoms with Gasteiger partial charge in [0.15, 0.2) is 0 Å². The van der Waals surface area contributed by atoms with E-state index in [9.17, 15) is 0 Å². The van der Waals surface area contributed by atoms with Gasteiger partial charge in [0.05, 0.1) is 0 Å². The predicted molar refractivity (Wildman–Crippen MR) is 464 cm³/mol. The van der Waals surface area contributed by atoms with E-state index in [-0.39, 0.29) is 10.8 Å². The van der Waals surface area contributed by atoms with Gasteiger partial charge in [0.25, 0.3) is 0 Å². The van der Waals surface area contributed by atoms with Crippen molar-refractivity contribution in [1.82, 2.24) is 0 Å². The van der Waals surface area contributed by atoms with Gasteiger partial charge in [-0.05, 0) is 0 Å². The summed E-state index contributed by atoms with van der Waals surface area (Å²) in [5, 5.41) is 0. The molecule has 0 bridgehead atoms. The van der Waals surface area contributed by atoms with Crippen molar-refractivity contribution < 1.29 is 36.0 Å². The van der Waals surface area contributed by atoms with Crippen molar-refractivity contribution in [3.05, 3.63) is 309 Å². The Morgan fingerprint density at radius 1 is 0.283 bits per heavy atom. The molecule has 0 saturated heterocycles. The normalized spacial score (nSPS) is 16.8. The first-order chi connectivity index (χ1) is 50.4. The maximum absolute atomic E-state index is 4.31. The third-order valence-corrected chi connectivity index (χ3v) is 79.5. The van der Waals surface area contributed by atoms with Crippen LogP contribution in [-0.4, -0.2) is 6.51 Å². The number of hydrogen-bond acceptors (Lipinski definition) is 0. The molecule has 0 radical (unpaired) electrons. The molecule has 0 aromatic heterocycles. The second kappa shape index (κ2) is 29.9. The van der Waals surface area contributed by atoms with E-state index >= 15 is 0 Å². The number of fused-ring (bicyclic) bond motifs is 4.